The Morgan fingerprint density at radius 2 is 1.85 bits per heavy atom. The maximum absolute atomic E-state index is 13.7. The molecule has 0 aliphatic carbocycles. The molecule has 2 N–H and O–H groups in total. The monoisotopic (exact) mass is 384 g/mol. The van der Waals surface area contributed by atoms with Crippen LogP contribution in [0.2, 0.25) is 5.02 Å². The van der Waals surface area contributed by atoms with Gasteiger partial charge < -0.3 is 10.6 Å². The van der Waals surface area contributed by atoms with Gasteiger partial charge in [0, 0.05) is 12.6 Å². The molecule has 7 heteroatoms. The van der Waals surface area contributed by atoms with E-state index < -0.39 is 0 Å². The standard InChI is InChI=1S/C20H18ClFN4O/c1-13-24-18(20(27)26-17-9-5-3-7-15(17)21)12-19(25-13)23-11-10-14-6-2-4-8-16(14)22/h2-9,12H,10-11H2,1H3,(H,26,27)(H,23,24,25). The normalized spacial score (nSPS) is 10.5. The lowest BCUT2D eigenvalue weighted by Gasteiger charge is -2.10. The van der Waals surface area contributed by atoms with E-state index in [0.29, 0.717) is 40.9 Å². The van der Waals surface area contributed by atoms with Gasteiger partial charge in [-0.25, -0.2) is 14.4 Å². The number of benzene rings is 2. The van der Waals surface area contributed by atoms with E-state index in [4.69, 9.17) is 11.6 Å². The van der Waals surface area contributed by atoms with E-state index in [9.17, 15) is 9.18 Å². The Hall–Kier alpha value is -2.99. The van der Waals surface area contributed by atoms with Gasteiger partial charge in [-0.15, -0.1) is 0 Å². The number of amides is 1. The van der Waals surface area contributed by atoms with E-state index in [1.54, 1.807) is 55.5 Å². The predicted octanol–water partition coefficient (Wildman–Crippen LogP) is 4.48. The average molecular weight is 385 g/mol. The Kier molecular flexibility index (Phi) is 5.98. The number of aromatic nitrogens is 2. The molecular weight excluding hydrogens is 367 g/mol. The fourth-order valence-corrected chi connectivity index (χ4v) is 2.73. The van der Waals surface area contributed by atoms with Crippen LogP contribution in [-0.2, 0) is 6.42 Å². The number of nitrogens with zero attached hydrogens (tertiary/aromatic N) is 2. The van der Waals surface area contributed by atoms with E-state index in [2.05, 4.69) is 20.6 Å². The molecule has 0 radical (unpaired) electrons. The molecule has 5 nitrogen and oxygen atoms in total. The third kappa shape index (κ3) is 5.01. The minimum absolute atomic E-state index is 0.218. The average Bonchev–Trinajstić information content (AvgIpc) is 2.65. The zero-order valence-electron chi connectivity index (χ0n) is 14.7. The van der Waals surface area contributed by atoms with Crippen LogP contribution >= 0.6 is 11.6 Å². The first-order valence-electron chi connectivity index (χ1n) is 8.42. The summed E-state index contributed by atoms with van der Waals surface area (Å²) in [6.45, 7) is 2.18. The van der Waals surface area contributed by atoms with Crippen molar-refractivity contribution in [3.63, 3.8) is 0 Å². The Morgan fingerprint density at radius 1 is 1.11 bits per heavy atom. The third-order valence-corrected chi connectivity index (χ3v) is 4.18. The number of nitrogens with one attached hydrogen (secondary N) is 2. The number of hydrogen-bond donors (Lipinski definition) is 2. The van der Waals surface area contributed by atoms with Crippen molar-refractivity contribution < 1.29 is 9.18 Å². The second-order valence-corrected chi connectivity index (χ2v) is 6.29. The molecule has 0 spiro atoms. The van der Waals surface area contributed by atoms with Crippen LogP contribution < -0.4 is 10.6 Å². The van der Waals surface area contributed by atoms with Crippen LogP contribution in [0, 0.1) is 12.7 Å². The van der Waals surface area contributed by atoms with Crippen LogP contribution in [0.25, 0.3) is 0 Å². The smallest absolute Gasteiger partial charge is 0.274 e. The summed E-state index contributed by atoms with van der Waals surface area (Å²) in [5, 5.41) is 6.28. The number of para-hydroxylation sites is 1. The lowest BCUT2D eigenvalue weighted by atomic mass is 10.1. The summed E-state index contributed by atoms with van der Waals surface area (Å²) in [5.74, 6) is 0.335. The van der Waals surface area contributed by atoms with E-state index in [-0.39, 0.29) is 17.4 Å². The van der Waals surface area contributed by atoms with Gasteiger partial charge in [-0.2, -0.15) is 0 Å². The van der Waals surface area contributed by atoms with E-state index in [1.807, 2.05) is 0 Å². The van der Waals surface area contributed by atoms with Crippen LogP contribution in [-0.4, -0.2) is 22.4 Å². The molecule has 1 heterocycles. The summed E-state index contributed by atoms with van der Waals surface area (Å²) in [4.78, 5) is 20.9. The zero-order valence-corrected chi connectivity index (χ0v) is 15.4. The molecule has 0 bridgehead atoms. The second-order valence-electron chi connectivity index (χ2n) is 5.89. The van der Waals surface area contributed by atoms with Crippen molar-refractivity contribution in [3.05, 3.63) is 82.5 Å². The maximum atomic E-state index is 13.7. The highest BCUT2D eigenvalue weighted by molar-refractivity contribution is 6.33. The molecule has 0 saturated heterocycles. The number of aryl methyl sites for hydroxylation is 1. The van der Waals surface area contributed by atoms with Crippen molar-refractivity contribution in [1.29, 1.82) is 0 Å². The highest BCUT2D eigenvalue weighted by Gasteiger charge is 2.12. The maximum Gasteiger partial charge on any atom is 0.274 e. The number of halogens is 2. The zero-order chi connectivity index (χ0) is 19.2. The van der Waals surface area contributed by atoms with Crippen LogP contribution in [0.4, 0.5) is 15.9 Å². The highest BCUT2D eigenvalue weighted by atomic mass is 35.5. The SMILES string of the molecule is Cc1nc(NCCc2ccccc2F)cc(C(=O)Nc2ccccc2Cl)n1. The lowest BCUT2D eigenvalue weighted by molar-refractivity contribution is 0.102. The largest absolute Gasteiger partial charge is 0.370 e. The molecule has 27 heavy (non-hydrogen) atoms. The Morgan fingerprint density at radius 3 is 2.63 bits per heavy atom. The van der Waals surface area contributed by atoms with Crippen LogP contribution in [0.3, 0.4) is 0 Å². The molecule has 2 aromatic carbocycles. The number of rotatable bonds is 6. The summed E-state index contributed by atoms with van der Waals surface area (Å²) < 4.78 is 13.7. The minimum atomic E-state index is -0.384. The van der Waals surface area contributed by atoms with Crippen molar-refractivity contribution in [2.75, 3.05) is 17.2 Å². The third-order valence-electron chi connectivity index (χ3n) is 3.85. The molecule has 1 aromatic heterocycles. The van der Waals surface area contributed by atoms with Gasteiger partial charge in [-0.3, -0.25) is 4.79 Å². The highest BCUT2D eigenvalue weighted by Crippen LogP contribution is 2.21. The van der Waals surface area contributed by atoms with Gasteiger partial charge in [0.15, 0.2) is 0 Å². The molecular formula is C20H18ClFN4O. The topological polar surface area (TPSA) is 66.9 Å². The quantitative estimate of drug-likeness (QED) is 0.657. The Labute approximate surface area is 161 Å². The van der Waals surface area contributed by atoms with Gasteiger partial charge in [0.1, 0.15) is 23.2 Å². The first-order chi connectivity index (χ1) is 13.0. The van der Waals surface area contributed by atoms with Gasteiger partial charge in [-0.1, -0.05) is 41.9 Å². The number of anilines is 2. The first-order valence-corrected chi connectivity index (χ1v) is 8.79. The van der Waals surface area contributed by atoms with Gasteiger partial charge in [0.25, 0.3) is 5.91 Å². The van der Waals surface area contributed by atoms with Gasteiger partial charge in [0.2, 0.25) is 0 Å². The molecule has 0 unspecified atom stereocenters. The predicted molar refractivity (Wildman–Crippen MR) is 105 cm³/mol. The van der Waals surface area contributed by atoms with E-state index in [1.165, 1.54) is 6.07 Å². The molecule has 138 valence electrons. The number of carbonyl (C=O) groups is 1. The summed E-state index contributed by atoms with van der Waals surface area (Å²) in [7, 11) is 0. The molecule has 0 aliphatic rings. The molecule has 3 aromatic rings. The van der Waals surface area contributed by atoms with Crippen molar-refractivity contribution in [3.8, 4) is 0 Å². The van der Waals surface area contributed by atoms with Gasteiger partial charge in [-0.05, 0) is 37.1 Å². The molecule has 3 rings (SSSR count). The van der Waals surface area contributed by atoms with E-state index >= 15 is 0 Å². The molecule has 0 aliphatic heterocycles. The first kappa shape index (κ1) is 18.8. The minimum Gasteiger partial charge on any atom is -0.370 e. The molecule has 0 saturated carbocycles. The summed E-state index contributed by atoms with van der Waals surface area (Å²) in [6.07, 6.45) is 0.497. The fourth-order valence-electron chi connectivity index (χ4n) is 2.55. The van der Waals surface area contributed by atoms with Crippen LogP contribution in [0.5, 0.6) is 0 Å². The summed E-state index contributed by atoms with van der Waals surface area (Å²) >= 11 is 6.07. The molecule has 0 atom stereocenters. The van der Waals surface area contributed by atoms with Crippen molar-refractivity contribution in [1.82, 2.24) is 9.97 Å². The number of carbonyl (C=O) groups excluding carboxylic acids is 1. The lowest BCUT2D eigenvalue weighted by Crippen LogP contribution is -2.16. The van der Waals surface area contributed by atoms with Crippen molar-refractivity contribution in [2.45, 2.75) is 13.3 Å². The number of hydrogen-bond acceptors (Lipinski definition) is 4. The fraction of sp³-hybridized carbons (Fsp3) is 0.150. The Bertz CT molecular complexity index is 964. The van der Waals surface area contributed by atoms with Gasteiger partial charge >= 0.3 is 0 Å². The van der Waals surface area contributed by atoms with Gasteiger partial charge in [0.05, 0.1) is 10.7 Å². The van der Waals surface area contributed by atoms with Crippen LogP contribution in [0.1, 0.15) is 21.9 Å². The Balaban J connectivity index is 1.67. The second kappa shape index (κ2) is 8.60. The molecule has 0 fully saturated rings. The van der Waals surface area contributed by atoms with Crippen molar-refractivity contribution in [2.24, 2.45) is 0 Å². The van der Waals surface area contributed by atoms with Crippen LogP contribution in [0.15, 0.2) is 54.6 Å². The van der Waals surface area contributed by atoms with Crippen molar-refractivity contribution >= 4 is 29.0 Å². The molecule has 1 amide bonds. The summed E-state index contributed by atoms with van der Waals surface area (Å²) in [6, 6.07) is 15.1. The van der Waals surface area contributed by atoms with E-state index in [0.717, 1.165) is 0 Å². The summed E-state index contributed by atoms with van der Waals surface area (Å²) in [5.41, 5.74) is 1.35.